The fraction of sp³-hybridized carbons (Fsp3) is 1.00. The zero-order valence-electron chi connectivity index (χ0n) is 10.6. The van der Waals surface area contributed by atoms with E-state index in [2.05, 4.69) is 17.1 Å². The molecule has 2 heteroatoms. The summed E-state index contributed by atoms with van der Waals surface area (Å²) in [6, 6.07) is 0. The van der Waals surface area contributed by atoms with E-state index in [1.165, 1.54) is 64.7 Å². The Hall–Kier alpha value is -0.0800. The summed E-state index contributed by atoms with van der Waals surface area (Å²) in [4.78, 5) is 2.65. The predicted molar refractivity (Wildman–Crippen MR) is 67.2 cm³/mol. The zero-order chi connectivity index (χ0) is 10.9. The number of piperidine rings is 1. The Morgan fingerprint density at radius 1 is 1.07 bits per heavy atom. The van der Waals surface area contributed by atoms with Crippen LogP contribution >= 0.6 is 0 Å². The first-order chi connectivity index (χ1) is 7.33. The van der Waals surface area contributed by atoms with Crippen LogP contribution in [0.25, 0.3) is 0 Å². The maximum Gasteiger partial charge on any atom is -0.00162 e. The van der Waals surface area contributed by atoms with Crippen molar-refractivity contribution in [2.75, 3.05) is 33.2 Å². The highest BCUT2D eigenvalue weighted by atomic mass is 15.1. The van der Waals surface area contributed by atoms with Gasteiger partial charge in [-0.25, -0.2) is 0 Å². The molecule has 0 aromatic rings. The third kappa shape index (κ3) is 6.16. The Balaban J connectivity index is 1.87. The van der Waals surface area contributed by atoms with Gasteiger partial charge in [0.15, 0.2) is 0 Å². The maximum absolute atomic E-state index is 3.20. The van der Waals surface area contributed by atoms with E-state index in [4.69, 9.17) is 0 Å². The molecule has 0 saturated carbocycles. The van der Waals surface area contributed by atoms with Gasteiger partial charge in [0.1, 0.15) is 0 Å². The van der Waals surface area contributed by atoms with Crippen molar-refractivity contribution in [2.45, 2.75) is 45.4 Å². The zero-order valence-corrected chi connectivity index (χ0v) is 10.6. The van der Waals surface area contributed by atoms with E-state index >= 15 is 0 Å². The van der Waals surface area contributed by atoms with E-state index in [-0.39, 0.29) is 0 Å². The van der Waals surface area contributed by atoms with Crippen LogP contribution < -0.4 is 5.32 Å². The Morgan fingerprint density at radius 3 is 2.40 bits per heavy atom. The first kappa shape index (κ1) is 13.0. The van der Waals surface area contributed by atoms with Crippen LogP contribution in [0.1, 0.15) is 45.4 Å². The first-order valence-electron chi connectivity index (χ1n) is 6.70. The Bertz CT molecular complexity index is 139. The topological polar surface area (TPSA) is 15.3 Å². The minimum atomic E-state index is 0.969. The van der Waals surface area contributed by atoms with Crippen LogP contribution in [0.4, 0.5) is 0 Å². The lowest BCUT2D eigenvalue weighted by Crippen LogP contribution is -2.33. The Labute approximate surface area is 95.4 Å². The molecule has 1 saturated heterocycles. The van der Waals surface area contributed by atoms with Crippen molar-refractivity contribution in [1.82, 2.24) is 10.2 Å². The van der Waals surface area contributed by atoms with Gasteiger partial charge in [0, 0.05) is 0 Å². The number of hydrogen-bond acceptors (Lipinski definition) is 2. The molecular weight excluding hydrogens is 184 g/mol. The molecule has 1 heterocycles. The molecular formula is C13H28N2. The molecule has 1 aliphatic heterocycles. The summed E-state index contributed by atoms with van der Waals surface area (Å²) in [5.41, 5.74) is 0. The highest BCUT2D eigenvalue weighted by molar-refractivity contribution is 4.69. The second-order valence-corrected chi connectivity index (χ2v) is 5.04. The van der Waals surface area contributed by atoms with Crippen molar-refractivity contribution in [2.24, 2.45) is 5.92 Å². The maximum atomic E-state index is 3.20. The molecule has 0 aliphatic carbocycles. The van der Waals surface area contributed by atoms with Crippen LogP contribution in [0.3, 0.4) is 0 Å². The Morgan fingerprint density at radius 2 is 1.73 bits per heavy atom. The van der Waals surface area contributed by atoms with E-state index < -0.39 is 0 Å². The summed E-state index contributed by atoms with van der Waals surface area (Å²) in [7, 11) is 2.04. The van der Waals surface area contributed by atoms with Gasteiger partial charge in [0.2, 0.25) is 0 Å². The number of unbranched alkanes of at least 4 members (excludes halogenated alkanes) is 3. The van der Waals surface area contributed by atoms with Crippen molar-refractivity contribution in [3.8, 4) is 0 Å². The highest BCUT2D eigenvalue weighted by Crippen LogP contribution is 2.16. The molecule has 0 aromatic heterocycles. The highest BCUT2D eigenvalue weighted by Gasteiger charge is 2.14. The van der Waals surface area contributed by atoms with Gasteiger partial charge in [-0.3, -0.25) is 0 Å². The molecule has 90 valence electrons. The predicted octanol–water partition coefficient (Wildman–Crippen LogP) is 2.50. The van der Waals surface area contributed by atoms with Crippen LogP contribution in [-0.4, -0.2) is 38.1 Å². The summed E-state index contributed by atoms with van der Waals surface area (Å²) in [5.74, 6) is 0.969. The van der Waals surface area contributed by atoms with Crippen LogP contribution in [-0.2, 0) is 0 Å². The van der Waals surface area contributed by atoms with Crippen LogP contribution in [0, 0.1) is 5.92 Å². The van der Waals surface area contributed by atoms with Crippen LogP contribution in [0.15, 0.2) is 0 Å². The molecule has 0 aromatic carbocycles. The lowest BCUT2D eigenvalue weighted by Gasteiger charge is -2.30. The summed E-state index contributed by atoms with van der Waals surface area (Å²) in [6.07, 6.45) is 8.38. The molecule has 1 aliphatic rings. The number of rotatable bonds is 7. The minimum absolute atomic E-state index is 0.969. The molecule has 2 nitrogen and oxygen atoms in total. The number of likely N-dealkylation sites (tertiary alicyclic amines) is 1. The van der Waals surface area contributed by atoms with E-state index in [0.29, 0.717) is 0 Å². The van der Waals surface area contributed by atoms with Gasteiger partial charge in [-0.1, -0.05) is 19.8 Å². The fourth-order valence-corrected chi connectivity index (χ4v) is 2.28. The van der Waals surface area contributed by atoms with Gasteiger partial charge < -0.3 is 10.2 Å². The second kappa shape index (κ2) is 8.12. The molecule has 0 bridgehead atoms. The van der Waals surface area contributed by atoms with Crippen LogP contribution in [0.2, 0.25) is 0 Å². The summed E-state index contributed by atoms with van der Waals surface area (Å²) in [5, 5.41) is 3.20. The monoisotopic (exact) mass is 212 g/mol. The van der Waals surface area contributed by atoms with Crippen molar-refractivity contribution < 1.29 is 0 Å². The number of nitrogens with one attached hydrogen (secondary N) is 1. The third-order valence-corrected chi connectivity index (χ3v) is 3.53. The first-order valence-corrected chi connectivity index (χ1v) is 6.70. The van der Waals surface area contributed by atoms with Gasteiger partial charge in [0.05, 0.1) is 0 Å². The quantitative estimate of drug-likeness (QED) is 0.652. The molecule has 0 amide bonds. The molecule has 0 atom stereocenters. The van der Waals surface area contributed by atoms with Crippen molar-refractivity contribution >= 4 is 0 Å². The molecule has 1 fully saturated rings. The molecule has 15 heavy (non-hydrogen) atoms. The summed E-state index contributed by atoms with van der Waals surface area (Å²) < 4.78 is 0. The standard InChI is InChI=1S/C13H28N2/c1-13-7-11-15(12-8-13)10-6-4-3-5-9-14-2/h13-14H,3-12H2,1-2H3. The van der Waals surface area contributed by atoms with E-state index in [1.54, 1.807) is 0 Å². The molecule has 1 N–H and O–H groups in total. The summed E-state index contributed by atoms with van der Waals surface area (Å²) >= 11 is 0. The van der Waals surface area contributed by atoms with E-state index in [0.717, 1.165) is 5.92 Å². The molecule has 0 radical (unpaired) electrons. The average Bonchev–Trinajstić information content (AvgIpc) is 2.26. The number of hydrogen-bond donors (Lipinski definition) is 1. The molecule has 0 spiro atoms. The molecule has 0 unspecified atom stereocenters. The minimum Gasteiger partial charge on any atom is -0.320 e. The smallest absolute Gasteiger partial charge is 0.00162 e. The summed E-state index contributed by atoms with van der Waals surface area (Å²) in [6.45, 7) is 7.60. The Kier molecular flexibility index (Phi) is 7.03. The van der Waals surface area contributed by atoms with Crippen molar-refractivity contribution in [3.63, 3.8) is 0 Å². The van der Waals surface area contributed by atoms with Crippen LogP contribution in [0.5, 0.6) is 0 Å². The third-order valence-electron chi connectivity index (χ3n) is 3.53. The SMILES string of the molecule is CNCCCCCCN1CCC(C)CC1. The number of nitrogens with zero attached hydrogens (tertiary/aromatic N) is 1. The van der Waals surface area contributed by atoms with Gasteiger partial charge in [-0.15, -0.1) is 0 Å². The van der Waals surface area contributed by atoms with Crippen molar-refractivity contribution in [3.05, 3.63) is 0 Å². The lowest BCUT2D eigenvalue weighted by atomic mass is 9.99. The van der Waals surface area contributed by atoms with Crippen molar-refractivity contribution in [1.29, 1.82) is 0 Å². The molecule has 1 rings (SSSR count). The normalized spacial score (nSPS) is 19.6. The largest absolute Gasteiger partial charge is 0.320 e. The average molecular weight is 212 g/mol. The van der Waals surface area contributed by atoms with Gasteiger partial charge in [-0.2, -0.15) is 0 Å². The van der Waals surface area contributed by atoms with Gasteiger partial charge in [0.25, 0.3) is 0 Å². The van der Waals surface area contributed by atoms with Gasteiger partial charge in [-0.05, 0) is 64.8 Å². The lowest BCUT2D eigenvalue weighted by molar-refractivity contribution is 0.189. The fourth-order valence-electron chi connectivity index (χ4n) is 2.28. The van der Waals surface area contributed by atoms with E-state index in [1.807, 2.05) is 7.05 Å². The van der Waals surface area contributed by atoms with Gasteiger partial charge >= 0.3 is 0 Å². The van der Waals surface area contributed by atoms with E-state index in [9.17, 15) is 0 Å². The second-order valence-electron chi connectivity index (χ2n) is 5.04.